The Balaban J connectivity index is 1.52. The summed E-state index contributed by atoms with van der Waals surface area (Å²) in [6.45, 7) is 8.66. The first-order chi connectivity index (χ1) is 16.1. The summed E-state index contributed by atoms with van der Waals surface area (Å²) >= 11 is 0. The molecule has 5 nitrogen and oxygen atoms in total. The minimum absolute atomic E-state index is 0.193. The maximum Gasteiger partial charge on any atom is 0.410 e. The summed E-state index contributed by atoms with van der Waals surface area (Å²) in [4.78, 5) is 17.0. The van der Waals surface area contributed by atoms with E-state index in [9.17, 15) is 4.79 Å². The molecule has 1 amide bonds. The van der Waals surface area contributed by atoms with Gasteiger partial charge in [0.2, 0.25) is 0 Å². The monoisotopic (exact) mass is 460 g/mol. The lowest BCUT2D eigenvalue weighted by Gasteiger charge is -2.35. The lowest BCUT2D eigenvalue weighted by atomic mass is 9.92. The van der Waals surface area contributed by atoms with E-state index in [1.807, 2.05) is 42.2 Å². The Morgan fingerprint density at radius 2 is 1.58 bits per heavy atom. The molecule has 0 aliphatic heterocycles. The summed E-state index contributed by atoms with van der Waals surface area (Å²) in [6.07, 6.45) is 13.2. The van der Waals surface area contributed by atoms with Gasteiger partial charge in [0.25, 0.3) is 0 Å². The van der Waals surface area contributed by atoms with Crippen LogP contribution < -0.4 is 0 Å². The van der Waals surface area contributed by atoms with E-state index in [1.54, 1.807) is 0 Å². The van der Waals surface area contributed by atoms with Gasteiger partial charge in [-0.15, -0.1) is 0 Å². The Bertz CT molecular complexity index is 617. The van der Waals surface area contributed by atoms with Crippen LogP contribution in [0.2, 0.25) is 0 Å². The molecule has 0 radical (unpaired) electrons. The quantitative estimate of drug-likeness (QED) is 0.259. The van der Waals surface area contributed by atoms with Crippen LogP contribution in [0.1, 0.15) is 90.0 Å². The smallest absolute Gasteiger partial charge is 0.410 e. The highest BCUT2D eigenvalue weighted by molar-refractivity contribution is 5.68. The molecule has 1 aromatic rings. The summed E-state index contributed by atoms with van der Waals surface area (Å²) in [5.41, 5.74) is 1.03. The van der Waals surface area contributed by atoms with Gasteiger partial charge in [-0.1, -0.05) is 62.9 Å². The van der Waals surface area contributed by atoms with Crippen molar-refractivity contribution in [3.63, 3.8) is 0 Å². The van der Waals surface area contributed by atoms with Crippen molar-refractivity contribution in [1.29, 1.82) is 0 Å². The SMILES string of the molecule is CCCCCN(C)CCCCCCOC1CCC(N(CC)C(=O)OCc2ccccc2)CC1. The lowest BCUT2D eigenvalue weighted by molar-refractivity contribution is 0.00402. The van der Waals surface area contributed by atoms with Crippen molar-refractivity contribution in [3.8, 4) is 0 Å². The standard InChI is InChI=1S/C28H48N2O3/c1-4-6-12-21-29(3)22-13-7-8-14-23-32-27-19-17-26(18-20-27)30(5-2)28(31)33-24-25-15-10-9-11-16-25/h9-11,15-16,26-27H,4-8,12-14,17-24H2,1-3H3. The Kier molecular flexibility index (Phi) is 14.2. The number of ether oxygens (including phenoxy) is 2. The largest absolute Gasteiger partial charge is 0.445 e. The lowest BCUT2D eigenvalue weighted by Crippen LogP contribution is -2.43. The van der Waals surface area contributed by atoms with Crippen molar-refractivity contribution < 1.29 is 14.3 Å². The molecule has 0 spiro atoms. The van der Waals surface area contributed by atoms with E-state index in [0.717, 1.165) is 44.3 Å². The van der Waals surface area contributed by atoms with E-state index < -0.39 is 0 Å². The molecular formula is C28H48N2O3. The van der Waals surface area contributed by atoms with E-state index >= 15 is 0 Å². The van der Waals surface area contributed by atoms with Crippen LogP contribution >= 0.6 is 0 Å². The molecule has 1 aliphatic rings. The van der Waals surface area contributed by atoms with Gasteiger partial charge in [-0.3, -0.25) is 0 Å². The number of amides is 1. The molecule has 0 unspecified atom stereocenters. The fourth-order valence-electron chi connectivity index (χ4n) is 4.69. The zero-order chi connectivity index (χ0) is 23.7. The van der Waals surface area contributed by atoms with Crippen LogP contribution in [0.5, 0.6) is 0 Å². The summed E-state index contributed by atoms with van der Waals surface area (Å²) in [7, 11) is 2.25. The molecule has 1 fully saturated rings. The van der Waals surface area contributed by atoms with Crippen molar-refractivity contribution >= 4 is 6.09 Å². The molecule has 0 atom stereocenters. The number of unbranched alkanes of at least 4 members (excludes halogenated alkanes) is 5. The number of hydrogen-bond acceptors (Lipinski definition) is 4. The third-order valence-corrected chi connectivity index (χ3v) is 6.80. The van der Waals surface area contributed by atoms with Gasteiger partial charge < -0.3 is 19.3 Å². The van der Waals surface area contributed by atoms with Gasteiger partial charge in [0.15, 0.2) is 0 Å². The van der Waals surface area contributed by atoms with Gasteiger partial charge in [-0.05, 0) is 77.6 Å². The Labute approximate surface area is 202 Å². The van der Waals surface area contributed by atoms with Crippen LogP contribution in [0.3, 0.4) is 0 Å². The van der Waals surface area contributed by atoms with Crippen LogP contribution in [0.25, 0.3) is 0 Å². The molecule has 2 rings (SSSR count). The molecule has 5 heteroatoms. The van der Waals surface area contributed by atoms with Gasteiger partial charge in [0.05, 0.1) is 6.10 Å². The topological polar surface area (TPSA) is 42.0 Å². The highest BCUT2D eigenvalue weighted by Crippen LogP contribution is 2.26. The second-order valence-corrected chi connectivity index (χ2v) is 9.55. The zero-order valence-electron chi connectivity index (χ0n) is 21.5. The highest BCUT2D eigenvalue weighted by Gasteiger charge is 2.29. The number of carbonyl (C=O) groups excluding carboxylic acids is 1. The van der Waals surface area contributed by atoms with E-state index in [-0.39, 0.29) is 12.1 Å². The van der Waals surface area contributed by atoms with Gasteiger partial charge in [-0.25, -0.2) is 4.79 Å². The molecule has 1 aromatic carbocycles. The van der Waals surface area contributed by atoms with E-state index in [1.165, 1.54) is 51.6 Å². The van der Waals surface area contributed by atoms with Gasteiger partial charge in [-0.2, -0.15) is 0 Å². The van der Waals surface area contributed by atoms with Crippen LogP contribution in [-0.2, 0) is 16.1 Å². The fourth-order valence-corrected chi connectivity index (χ4v) is 4.69. The summed E-state index contributed by atoms with van der Waals surface area (Å²) < 4.78 is 11.7. The number of rotatable bonds is 16. The predicted molar refractivity (Wildman–Crippen MR) is 136 cm³/mol. The Morgan fingerprint density at radius 3 is 2.24 bits per heavy atom. The average Bonchev–Trinajstić information content (AvgIpc) is 2.84. The normalized spacial score (nSPS) is 18.4. The molecule has 0 aromatic heterocycles. The van der Waals surface area contributed by atoms with Crippen LogP contribution in [0.4, 0.5) is 4.79 Å². The third kappa shape index (κ3) is 11.4. The van der Waals surface area contributed by atoms with E-state index in [4.69, 9.17) is 9.47 Å². The molecule has 33 heavy (non-hydrogen) atoms. The maximum absolute atomic E-state index is 12.6. The molecule has 0 bridgehead atoms. The van der Waals surface area contributed by atoms with Gasteiger partial charge in [0, 0.05) is 19.2 Å². The number of hydrogen-bond donors (Lipinski definition) is 0. The Hall–Kier alpha value is -1.59. The second-order valence-electron chi connectivity index (χ2n) is 9.55. The first-order valence-corrected chi connectivity index (χ1v) is 13.4. The van der Waals surface area contributed by atoms with Gasteiger partial charge in [0.1, 0.15) is 6.61 Å². The average molecular weight is 461 g/mol. The van der Waals surface area contributed by atoms with Crippen LogP contribution in [0, 0.1) is 0 Å². The minimum Gasteiger partial charge on any atom is -0.445 e. The third-order valence-electron chi connectivity index (χ3n) is 6.80. The maximum atomic E-state index is 12.6. The summed E-state index contributed by atoms with van der Waals surface area (Å²) in [5, 5.41) is 0. The van der Waals surface area contributed by atoms with Gasteiger partial charge >= 0.3 is 6.09 Å². The van der Waals surface area contributed by atoms with Crippen molar-refractivity contribution in [2.75, 3.05) is 33.3 Å². The second kappa shape index (κ2) is 16.9. The first-order valence-electron chi connectivity index (χ1n) is 13.4. The summed E-state index contributed by atoms with van der Waals surface area (Å²) in [5.74, 6) is 0. The van der Waals surface area contributed by atoms with E-state index in [2.05, 4.69) is 18.9 Å². The van der Waals surface area contributed by atoms with Crippen LogP contribution in [-0.4, -0.2) is 61.3 Å². The fraction of sp³-hybridized carbons (Fsp3) is 0.750. The molecular weight excluding hydrogens is 412 g/mol. The highest BCUT2D eigenvalue weighted by atomic mass is 16.6. The molecule has 0 heterocycles. The molecule has 188 valence electrons. The van der Waals surface area contributed by atoms with Crippen LogP contribution in [0.15, 0.2) is 30.3 Å². The first kappa shape index (κ1) is 27.7. The Morgan fingerprint density at radius 1 is 0.909 bits per heavy atom. The van der Waals surface area contributed by atoms with Crippen molar-refractivity contribution in [1.82, 2.24) is 9.80 Å². The molecule has 0 saturated heterocycles. The predicted octanol–water partition coefficient (Wildman–Crippen LogP) is 6.66. The number of benzene rings is 1. The number of nitrogens with zero attached hydrogens (tertiary/aromatic N) is 2. The van der Waals surface area contributed by atoms with Crippen molar-refractivity contribution in [3.05, 3.63) is 35.9 Å². The summed E-state index contributed by atoms with van der Waals surface area (Å²) in [6, 6.07) is 10.2. The minimum atomic E-state index is -0.193. The molecule has 1 aliphatic carbocycles. The van der Waals surface area contributed by atoms with E-state index in [0.29, 0.717) is 19.3 Å². The molecule has 1 saturated carbocycles. The van der Waals surface area contributed by atoms with Crippen molar-refractivity contribution in [2.45, 2.75) is 103 Å². The number of carbonyl (C=O) groups is 1. The van der Waals surface area contributed by atoms with Crippen molar-refractivity contribution in [2.24, 2.45) is 0 Å². The molecule has 0 N–H and O–H groups in total. The zero-order valence-corrected chi connectivity index (χ0v) is 21.5.